The van der Waals surface area contributed by atoms with Crippen molar-refractivity contribution >= 4 is 23.2 Å². The van der Waals surface area contributed by atoms with E-state index in [0.29, 0.717) is 35.2 Å². The Hall–Kier alpha value is -2.51. The number of rotatable bonds is 2. The van der Waals surface area contributed by atoms with Crippen LogP contribution in [0, 0.1) is 11.3 Å². The number of anilines is 1. The summed E-state index contributed by atoms with van der Waals surface area (Å²) >= 11 is 6.06. The molecule has 0 bridgehead atoms. The Morgan fingerprint density at radius 2 is 1.96 bits per heavy atom. The van der Waals surface area contributed by atoms with Crippen LogP contribution in [-0.2, 0) is 5.41 Å². The van der Waals surface area contributed by atoms with Gasteiger partial charge in [0.05, 0.1) is 23.7 Å². The summed E-state index contributed by atoms with van der Waals surface area (Å²) in [5, 5.41) is 9.84. The molecular formula is C19H15ClN2O2. The van der Waals surface area contributed by atoms with Gasteiger partial charge in [0, 0.05) is 10.6 Å². The summed E-state index contributed by atoms with van der Waals surface area (Å²) in [6.07, 6.45) is 1.79. The van der Waals surface area contributed by atoms with Gasteiger partial charge in [-0.05, 0) is 48.7 Å². The summed E-state index contributed by atoms with van der Waals surface area (Å²) in [6.45, 7) is 0.937. The molecule has 1 saturated carbocycles. The highest BCUT2D eigenvalue weighted by Crippen LogP contribution is 2.47. The molecule has 0 unspecified atom stereocenters. The first kappa shape index (κ1) is 15.0. The first-order valence-electron chi connectivity index (χ1n) is 7.89. The minimum Gasteiger partial charge on any atom is -0.490 e. The molecule has 2 aromatic rings. The molecule has 0 radical (unpaired) electrons. The van der Waals surface area contributed by atoms with E-state index in [1.807, 2.05) is 12.1 Å². The van der Waals surface area contributed by atoms with Crippen molar-refractivity contribution in [2.24, 2.45) is 0 Å². The van der Waals surface area contributed by atoms with E-state index in [0.717, 1.165) is 18.4 Å². The fourth-order valence-electron chi connectivity index (χ4n) is 3.08. The van der Waals surface area contributed by atoms with Gasteiger partial charge in [-0.3, -0.25) is 4.79 Å². The number of nitrogens with zero attached hydrogens (tertiary/aromatic N) is 2. The second-order valence-corrected chi connectivity index (χ2v) is 6.62. The number of nitriles is 1. The smallest absolute Gasteiger partial charge is 0.258 e. The van der Waals surface area contributed by atoms with Crippen LogP contribution in [0.25, 0.3) is 0 Å². The zero-order valence-electron chi connectivity index (χ0n) is 13.0. The largest absolute Gasteiger partial charge is 0.490 e. The van der Waals surface area contributed by atoms with E-state index in [1.165, 1.54) is 0 Å². The second-order valence-electron chi connectivity index (χ2n) is 6.19. The van der Waals surface area contributed by atoms with E-state index >= 15 is 0 Å². The lowest BCUT2D eigenvalue weighted by Crippen LogP contribution is -2.38. The normalized spacial score (nSPS) is 17.4. The SMILES string of the molecule is N#CC1(c2ccc(C(=O)N3CCOc4ccc(Cl)cc43)cc2)CC1. The van der Waals surface area contributed by atoms with Crippen LogP contribution < -0.4 is 9.64 Å². The molecule has 1 aliphatic heterocycles. The third kappa shape index (κ3) is 2.42. The lowest BCUT2D eigenvalue weighted by molar-refractivity contribution is 0.0976. The van der Waals surface area contributed by atoms with E-state index in [1.54, 1.807) is 35.2 Å². The van der Waals surface area contributed by atoms with Crippen molar-refractivity contribution in [3.05, 3.63) is 58.6 Å². The second kappa shape index (κ2) is 5.54. The first-order valence-corrected chi connectivity index (χ1v) is 8.27. The predicted octanol–water partition coefficient (Wildman–Crippen LogP) is 3.93. The Bertz CT molecular complexity index is 851. The van der Waals surface area contributed by atoms with Crippen molar-refractivity contribution < 1.29 is 9.53 Å². The highest BCUT2D eigenvalue weighted by atomic mass is 35.5. The maximum Gasteiger partial charge on any atom is 0.258 e. The van der Waals surface area contributed by atoms with Crippen molar-refractivity contribution in [3.8, 4) is 11.8 Å². The Morgan fingerprint density at radius 1 is 1.21 bits per heavy atom. The van der Waals surface area contributed by atoms with E-state index in [4.69, 9.17) is 16.3 Å². The average molecular weight is 339 g/mol. The van der Waals surface area contributed by atoms with Gasteiger partial charge in [-0.1, -0.05) is 23.7 Å². The standard InChI is InChI=1S/C19H15ClN2O2/c20-15-5-6-17-16(11-15)22(9-10-24-17)18(23)13-1-3-14(4-2-13)19(12-21)7-8-19/h1-6,11H,7-10H2. The number of halogens is 1. The van der Waals surface area contributed by atoms with E-state index in [-0.39, 0.29) is 11.3 Å². The number of fused-ring (bicyclic) bond motifs is 1. The molecular weight excluding hydrogens is 324 g/mol. The van der Waals surface area contributed by atoms with Crippen LogP contribution in [0.5, 0.6) is 5.75 Å². The van der Waals surface area contributed by atoms with Gasteiger partial charge in [-0.2, -0.15) is 5.26 Å². The molecule has 2 aromatic carbocycles. The topological polar surface area (TPSA) is 53.3 Å². The predicted molar refractivity (Wildman–Crippen MR) is 91.6 cm³/mol. The van der Waals surface area contributed by atoms with Gasteiger partial charge in [0.2, 0.25) is 0 Å². The van der Waals surface area contributed by atoms with Crippen molar-refractivity contribution in [2.75, 3.05) is 18.1 Å². The molecule has 4 nitrogen and oxygen atoms in total. The number of carbonyl (C=O) groups is 1. The molecule has 1 amide bonds. The number of amides is 1. The Labute approximate surface area is 145 Å². The van der Waals surface area contributed by atoms with Crippen LogP contribution in [0.4, 0.5) is 5.69 Å². The van der Waals surface area contributed by atoms with Gasteiger partial charge < -0.3 is 9.64 Å². The third-order valence-corrected chi connectivity index (χ3v) is 4.91. The van der Waals surface area contributed by atoms with E-state index in [2.05, 4.69) is 6.07 Å². The quantitative estimate of drug-likeness (QED) is 0.833. The maximum absolute atomic E-state index is 12.9. The number of hydrogen-bond donors (Lipinski definition) is 0. The van der Waals surface area contributed by atoms with Crippen LogP contribution in [0.3, 0.4) is 0 Å². The Kier molecular flexibility index (Phi) is 3.47. The van der Waals surface area contributed by atoms with Crippen LogP contribution >= 0.6 is 11.6 Å². The highest BCUT2D eigenvalue weighted by Gasteiger charge is 2.44. The first-order chi connectivity index (χ1) is 11.6. The summed E-state index contributed by atoms with van der Waals surface area (Å²) in [4.78, 5) is 14.6. The molecule has 0 saturated heterocycles. The molecule has 0 N–H and O–H groups in total. The summed E-state index contributed by atoms with van der Waals surface area (Å²) in [5.74, 6) is 0.576. The molecule has 1 heterocycles. The molecule has 1 fully saturated rings. The van der Waals surface area contributed by atoms with Crippen LogP contribution in [0.1, 0.15) is 28.8 Å². The molecule has 0 atom stereocenters. The maximum atomic E-state index is 12.9. The molecule has 4 rings (SSSR count). The summed E-state index contributed by atoms with van der Waals surface area (Å²) in [6, 6.07) is 15.0. The monoisotopic (exact) mass is 338 g/mol. The van der Waals surface area contributed by atoms with Crippen LogP contribution in [0.2, 0.25) is 5.02 Å². The molecule has 1 aliphatic carbocycles. The highest BCUT2D eigenvalue weighted by molar-refractivity contribution is 6.31. The Balaban J connectivity index is 1.63. The molecule has 5 heteroatoms. The average Bonchev–Trinajstić information content (AvgIpc) is 3.42. The van der Waals surface area contributed by atoms with Crippen LogP contribution in [0.15, 0.2) is 42.5 Å². The minimum atomic E-state index is -0.333. The Morgan fingerprint density at radius 3 is 2.62 bits per heavy atom. The lowest BCUT2D eigenvalue weighted by Gasteiger charge is -2.29. The van der Waals surface area contributed by atoms with Gasteiger partial charge in [0.25, 0.3) is 5.91 Å². The number of hydrogen-bond acceptors (Lipinski definition) is 3. The number of ether oxygens (including phenoxy) is 1. The van der Waals surface area contributed by atoms with E-state index in [9.17, 15) is 10.1 Å². The van der Waals surface area contributed by atoms with Crippen molar-refractivity contribution in [1.29, 1.82) is 5.26 Å². The van der Waals surface area contributed by atoms with Gasteiger partial charge >= 0.3 is 0 Å². The summed E-state index contributed by atoms with van der Waals surface area (Å²) in [5.41, 5.74) is 1.95. The minimum absolute atomic E-state index is 0.0878. The van der Waals surface area contributed by atoms with Crippen molar-refractivity contribution in [2.45, 2.75) is 18.3 Å². The summed E-state index contributed by atoms with van der Waals surface area (Å²) < 4.78 is 5.59. The van der Waals surface area contributed by atoms with Gasteiger partial charge in [0.15, 0.2) is 0 Å². The zero-order valence-corrected chi connectivity index (χ0v) is 13.7. The fourth-order valence-corrected chi connectivity index (χ4v) is 3.25. The van der Waals surface area contributed by atoms with Crippen molar-refractivity contribution in [1.82, 2.24) is 0 Å². The molecule has 0 spiro atoms. The molecule has 0 aromatic heterocycles. The van der Waals surface area contributed by atoms with Crippen molar-refractivity contribution in [3.63, 3.8) is 0 Å². The third-order valence-electron chi connectivity index (χ3n) is 4.68. The number of carbonyl (C=O) groups excluding carboxylic acids is 1. The zero-order chi connectivity index (χ0) is 16.7. The summed E-state index contributed by atoms with van der Waals surface area (Å²) in [7, 11) is 0. The number of benzene rings is 2. The lowest BCUT2D eigenvalue weighted by atomic mass is 9.96. The molecule has 2 aliphatic rings. The van der Waals surface area contributed by atoms with Gasteiger partial charge in [0.1, 0.15) is 12.4 Å². The van der Waals surface area contributed by atoms with Gasteiger partial charge in [-0.25, -0.2) is 0 Å². The van der Waals surface area contributed by atoms with Gasteiger partial charge in [-0.15, -0.1) is 0 Å². The van der Waals surface area contributed by atoms with Crippen LogP contribution in [-0.4, -0.2) is 19.1 Å². The molecule has 120 valence electrons. The van der Waals surface area contributed by atoms with E-state index < -0.39 is 0 Å². The molecule has 24 heavy (non-hydrogen) atoms. The fraction of sp³-hybridized carbons (Fsp3) is 0.263.